The van der Waals surface area contributed by atoms with Crippen LogP contribution < -0.4 is 0 Å². The van der Waals surface area contributed by atoms with Crippen molar-refractivity contribution in [1.29, 1.82) is 0 Å². The minimum Gasteiger partial charge on any atom is -0.481 e. The lowest BCUT2D eigenvalue weighted by molar-refractivity contribution is -0.173. The molecule has 0 unspecified atom stereocenters. The third kappa shape index (κ3) is 4.98. The van der Waals surface area contributed by atoms with E-state index >= 15 is 0 Å². The summed E-state index contributed by atoms with van der Waals surface area (Å²) in [7, 11) is 0. The van der Waals surface area contributed by atoms with Gasteiger partial charge in [-0.1, -0.05) is 64.8 Å². The van der Waals surface area contributed by atoms with Crippen molar-refractivity contribution in [2.45, 2.75) is 125 Å². The zero-order valence-electron chi connectivity index (χ0n) is 26.2. The molecule has 0 radical (unpaired) electrons. The molecule has 0 aromatic carbocycles. The Morgan fingerprint density at radius 1 is 1.00 bits per heavy atom. The topological polar surface area (TPSA) is 121 Å². The molecule has 230 valence electrons. The van der Waals surface area contributed by atoms with Crippen molar-refractivity contribution in [3.05, 3.63) is 23.3 Å². The second kappa shape index (κ2) is 10.8. The molecule has 4 aliphatic rings. The number of esters is 1. The van der Waals surface area contributed by atoms with Crippen molar-refractivity contribution in [1.82, 2.24) is 0 Å². The van der Waals surface area contributed by atoms with E-state index in [0.29, 0.717) is 31.1 Å². The van der Waals surface area contributed by atoms with E-state index < -0.39 is 36.4 Å². The molecule has 0 aromatic rings. The Bertz CT molecular complexity index is 1140. The fourth-order valence-corrected chi connectivity index (χ4v) is 10.2. The zero-order valence-corrected chi connectivity index (χ0v) is 26.2. The summed E-state index contributed by atoms with van der Waals surface area (Å²) >= 11 is 0. The highest BCUT2D eigenvalue weighted by atomic mass is 16.5. The van der Waals surface area contributed by atoms with E-state index in [4.69, 9.17) is 9.84 Å². The molecule has 0 saturated heterocycles. The molecule has 7 nitrogen and oxygen atoms in total. The van der Waals surface area contributed by atoms with Crippen LogP contribution in [0.1, 0.15) is 113 Å². The summed E-state index contributed by atoms with van der Waals surface area (Å²) in [6, 6.07) is 0. The van der Waals surface area contributed by atoms with Gasteiger partial charge in [0.1, 0.15) is 12.5 Å². The van der Waals surface area contributed by atoms with Gasteiger partial charge in [-0.3, -0.25) is 14.4 Å². The molecule has 3 N–H and O–H groups in total. The molecule has 2 saturated carbocycles. The van der Waals surface area contributed by atoms with Gasteiger partial charge in [0.15, 0.2) is 0 Å². The summed E-state index contributed by atoms with van der Waals surface area (Å²) in [5.41, 5.74) is 2.95. The van der Waals surface area contributed by atoms with Gasteiger partial charge in [0, 0.05) is 10.8 Å². The maximum atomic E-state index is 12.3. The van der Waals surface area contributed by atoms with Gasteiger partial charge >= 0.3 is 17.9 Å². The standard InChI is InChI=1S/C34H52O7/c1-19(21(3)30(39)40)9-10-20(2)22-13-16-33(7)23-11-12-25-31(4,5)27(41-29(38)18-28(36)37)14-15-32(25,6)24(23)17-26(35)34(22,33)8/h20-22,25-27,35H,1,9-18H2,2-8H3,(H,36,37)(H,39,40)/t20-,21-,22-,25+,26+,27-,32-,33+,34+/m1/s1. The fourth-order valence-electron chi connectivity index (χ4n) is 10.2. The van der Waals surface area contributed by atoms with Crippen LogP contribution in [-0.2, 0) is 19.1 Å². The first-order chi connectivity index (χ1) is 18.9. The number of ether oxygens (including phenoxy) is 1. The van der Waals surface area contributed by atoms with E-state index in [2.05, 4.69) is 48.1 Å². The second-order valence-electron chi connectivity index (χ2n) is 15.1. The van der Waals surface area contributed by atoms with Crippen LogP contribution in [0.2, 0.25) is 0 Å². The van der Waals surface area contributed by atoms with Crippen molar-refractivity contribution in [3.63, 3.8) is 0 Å². The van der Waals surface area contributed by atoms with Crippen molar-refractivity contribution >= 4 is 17.9 Å². The third-order valence-corrected chi connectivity index (χ3v) is 13.0. The number of rotatable bonds is 9. The van der Waals surface area contributed by atoms with E-state index in [1.165, 1.54) is 5.57 Å². The summed E-state index contributed by atoms with van der Waals surface area (Å²) in [4.78, 5) is 34.8. The van der Waals surface area contributed by atoms with Crippen molar-refractivity contribution in [2.75, 3.05) is 0 Å². The van der Waals surface area contributed by atoms with Gasteiger partial charge in [-0.2, -0.15) is 0 Å². The maximum absolute atomic E-state index is 12.3. The van der Waals surface area contributed by atoms with E-state index in [1.807, 2.05) is 0 Å². The lowest BCUT2D eigenvalue weighted by Crippen LogP contribution is -2.58. The molecular weight excluding hydrogens is 520 g/mol. The lowest BCUT2D eigenvalue weighted by atomic mass is 9.42. The highest BCUT2D eigenvalue weighted by molar-refractivity contribution is 5.90. The fraction of sp³-hybridized carbons (Fsp3) is 0.794. The molecule has 0 amide bonds. The summed E-state index contributed by atoms with van der Waals surface area (Å²) in [5.74, 6) is -2.26. The number of carbonyl (C=O) groups excluding carboxylic acids is 1. The number of aliphatic carboxylic acids is 2. The Morgan fingerprint density at radius 2 is 1.66 bits per heavy atom. The highest BCUT2D eigenvalue weighted by Crippen LogP contribution is 2.72. The lowest BCUT2D eigenvalue weighted by Gasteiger charge is -2.63. The van der Waals surface area contributed by atoms with Crippen LogP contribution >= 0.6 is 0 Å². The van der Waals surface area contributed by atoms with E-state index in [0.717, 1.165) is 44.1 Å². The van der Waals surface area contributed by atoms with Gasteiger partial charge in [0.2, 0.25) is 0 Å². The molecular formula is C34H52O7. The van der Waals surface area contributed by atoms with E-state index in [9.17, 15) is 24.6 Å². The summed E-state index contributed by atoms with van der Waals surface area (Å²) in [6.07, 6.45) is 6.43. The van der Waals surface area contributed by atoms with Crippen LogP contribution in [-0.4, -0.2) is 45.4 Å². The molecule has 41 heavy (non-hydrogen) atoms. The van der Waals surface area contributed by atoms with Crippen LogP contribution in [0.3, 0.4) is 0 Å². The van der Waals surface area contributed by atoms with Gasteiger partial charge in [0.05, 0.1) is 12.0 Å². The Kier molecular flexibility index (Phi) is 8.40. The summed E-state index contributed by atoms with van der Waals surface area (Å²) < 4.78 is 5.76. The zero-order chi connectivity index (χ0) is 30.7. The average molecular weight is 573 g/mol. The SMILES string of the molecule is C=C(CC[C@@H](C)[C@H]1CC[C@@]2(C)C3=C(C[C@H](O)[C@]12C)[C@@]1(C)CC[C@@H](OC(=O)CC(=O)O)C(C)(C)[C@@H]1CC3)[C@@H](C)C(=O)O. The van der Waals surface area contributed by atoms with Crippen molar-refractivity contribution in [2.24, 2.45) is 45.3 Å². The van der Waals surface area contributed by atoms with Crippen molar-refractivity contribution < 1.29 is 34.4 Å². The Morgan fingerprint density at radius 3 is 2.27 bits per heavy atom. The van der Waals surface area contributed by atoms with Crippen LogP contribution in [0.25, 0.3) is 0 Å². The predicted molar refractivity (Wildman–Crippen MR) is 157 cm³/mol. The number of carbonyl (C=O) groups is 3. The Labute approximate surface area is 245 Å². The average Bonchev–Trinajstić information content (AvgIpc) is 3.16. The predicted octanol–water partition coefficient (Wildman–Crippen LogP) is 6.79. The van der Waals surface area contributed by atoms with Crippen LogP contribution in [0.15, 0.2) is 23.3 Å². The first kappa shape index (κ1) is 31.8. The minimum atomic E-state index is -1.17. The normalized spacial score (nSPS) is 39.1. The molecule has 9 atom stereocenters. The van der Waals surface area contributed by atoms with Gasteiger partial charge in [-0.25, -0.2) is 0 Å². The molecule has 0 spiro atoms. The number of aliphatic hydroxyl groups is 1. The molecule has 4 aliphatic carbocycles. The number of carboxylic acid groups (broad SMARTS) is 2. The maximum Gasteiger partial charge on any atom is 0.317 e. The van der Waals surface area contributed by atoms with Gasteiger partial charge in [-0.15, -0.1) is 0 Å². The first-order valence-corrected chi connectivity index (χ1v) is 15.6. The van der Waals surface area contributed by atoms with Gasteiger partial charge in [0.25, 0.3) is 0 Å². The van der Waals surface area contributed by atoms with Crippen LogP contribution in [0, 0.1) is 45.3 Å². The third-order valence-electron chi connectivity index (χ3n) is 13.0. The van der Waals surface area contributed by atoms with E-state index in [-0.39, 0.29) is 33.7 Å². The Balaban J connectivity index is 1.59. The summed E-state index contributed by atoms with van der Waals surface area (Å²) in [6.45, 7) is 19.4. The molecule has 0 aromatic heterocycles. The van der Waals surface area contributed by atoms with Crippen LogP contribution in [0.4, 0.5) is 0 Å². The van der Waals surface area contributed by atoms with Gasteiger partial charge in [-0.05, 0) is 93.3 Å². The first-order valence-electron chi connectivity index (χ1n) is 15.6. The van der Waals surface area contributed by atoms with Crippen molar-refractivity contribution in [3.8, 4) is 0 Å². The smallest absolute Gasteiger partial charge is 0.317 e. The number of hydrogen-bond donors (Lipinski definition) is 3. The molecule has 0 heterocycles. The number of allylic oxidation sites excluding steroid dienone is 1. The summed E-state index contributed by atoms with van der Waals surface area (Å²) in [5, 5.41) is 30.5. The monoisotopic (exact) mass is 572 g/mol. The number of hydrogen-bond acceptors (Lipinski definition) is 5. The molecule has 0 aliphatic heterocycles. The second-order valence-corrected chi connectivity index (χ2v) is 15.1. The number of aliphatic hydroxyl groups excluding tert-OH is 1. The molecule has 0 bridgehead atoms. The molecule has 4 rings (SSSR count). The highest BCUT2D eigenvalue weighted by Gasteiger charge is 2.66. The molecule has 7 heteroatoms. The quantitative estimate of drug-likeness (QED) is 0.158. The number of fused-ring (bicyclic) bond motifs is 4. The minimum absolute atomic E-state index is 0.104. The number of carboxylic acids is 2. The molecule has 2 fully saturated rings. The van der Waals surface area contributed by atoms with Gasteiger partial charge < -0.3 is 20.1 Å². The van der Waals surface area contributed by atoms with E-state index in [1.54, 1.807) is 12.5 Å². The largest absolute Gasteiger partial charge is 0.481 e. The van der Waals surface area contributed by atoms with Crippen LogP contribution in [0.5, 0.6) is 0 Å². The Hall–Kier alpha value is -2.15.